The third kappa shape index (κ3) is 4.61. The molecule has 0 bridgehead atoms. The maximum atomic E-state index is 12.3. The molecule has 1 amide bonds. The third-order valence-electron chi connectivity index (χ3n) is 4.02. The van der Waals surface area contributed by atoms with E-state index < -0.39 is 0 Å². The van der Waals surface area contributed by atoms with Crippen LogP contribution in [0.15, 0.2) is 24.3 Å². The van der Waals surface area contributed by atoms with E-state index in [2.05, 4.69) is 0 Å². The topological polar surface area (TPSA) is 55.6 Å². The number of amides is 1. The summed E-state index contributed by atoms with van der Waals surface area (Å²) in [6.45, 7) is 2.79. The van der Waals surface area contributed by atoms with Crippen molar-refractivity contribution in [1.29, 1.82) is 0 Å². The van der Waals surface area contributed by atoms with Crippen molar-refractivity contribution in [3.63, 3.8) is 0 Å². The van der Waals surface area contributed by atoms with Gasteiger partial charge in [-0.2, -0.15) is 0 Å². The lowest BCUT2D eigenvalue weighted by atomic mass is 9.90. The standard InChI is InChI=1S/C16H23ClN2O2/c1-2-19(14-7-5-13(18)6-8-14)16(20)11-21-15-9-3-12(17)4-10-15/h3-4,9-10,13-14H,2,5-8,11,18H2,1H3. The van der Waals surface area contributed by atoms with Crippen molar-refractivity contribution >= 4 is 17.5 Å². The summed E-state index contributed by atoms with van der Waals surface area (Å²) >= 11 is 5.82. The zero-order valence-electron chi connectivity index (χ0n) is 12.4. The monoisotopic (exact) mass is 310 g/mol. The Morgan fingerprint density at radius 2 is 1.90 bits per heavy atom. The van der Waals surface area contributed by atoms with Crippen molar-refractivity contribution in [2.75, 3.05) is 13.2 Å². The summed E-state index contributed by atoms with van der Waals surface area (Å²) in [5, 5.41) is 0.655. The van der Waals surface area contributed by atoms with Gasteiger partial charge in [-0.25, -0.2) is 0 Å². The molecule has 1 aliphatic rings. The van der Waals surface area contributed by atoms with Crippen LogP contribution in [-0.4, -0.2) is 36.0 Å². The van der Waals surface area contributed by atoms with Crippen molar-refractivity contribution in [3.8, 4) is 5.75 Å². The number of carbonyl (C=O) groups is 1. The lowest BCUT2D eigenvalue weighted by molar-refractivity contribution is -0.136. The molecule has 4 nitrogen and oxygen atoms in total. The predicted octanol–water partition coefficient (Wildman–Crippen LogP) is 2.84. The Morgan fingerprint density at radius 3 is 2.48 bits per heavy atom. The molecule has 0 radical (unpaired) electrons. The molecule has 0 saturated heterocycles. The van der Waals surface area contributed by atoms with Crippen molar-refractivity contribution in [1.82, 2.24) is 4.90 Å². The smallest absolute Gasteiger partial charge is 0.260 e. The summed E-state index contributed by atoms with van der Waals surface area (Å²) in [6, 6.07) is 7.64. The fraction of sp³-hybridized carbons (Fsp3) is 0.562. The van der Waals surface area contributed by atoms with E-state index in [1.165, 1.54) is 0 Å². The van der Waals surface area contributed by atoms with Crippen LogP contribution in [0.2, 0.25) is 5.02 Å². The van der Waals surface area contributed by atoms with Gasteiger partial charge in [0, 0.05) is 23.7 Å². The maximum absolute atomic E-state index is 12.3. The molecule has 0 atom stereocenters. The van der Waals surface area contributed by atoms with Gasteiger partial charge in [-0.05, 0) is 56.9 Å². The molecule has 1 aromatic carbocycles. The van der Waals surface area contributed by atoms with Crippen molar-refractivity contribution < 1.29 is 9.53 Å². The number of hydrogen-bond acceptors (Lipinski definition) is 3. The predicted molar refractivity (Wildman–Crippen MR) is 84.6 cm³/mol. The van der Waals surface area contributed by atoms with E-state index >= 15 is 0 Å². The number of rotatable bonds is 5. The molecule has 0 aliphatic heterocycles. The van der Waals surface area contributed by atoms with E-state index in [-0.39, 0.29) is 12.5 Å². The highest BCUT2D eigenvalue weighted by Gasteiger charge is 2.26. The molecule has 2 N–H and O–H groups in total. The molecule has 0 unspecified atom stereocenters. The number of ether oxygens (including phenoxy) is 1. The molecule has 0 aromatic heterocycles. The second kappa shape index (κ2) is 7.66. The number of hydrogen-bond donors (Lipinski definition) is 1. The quantitative estimate of drug-likeness (QED) is 0.910. The van der Waals surface area contributed by atoms with Gasteiger partial charge in [0.15, 0.2) is 6.61 Å². The summed E-state index contributed by atoms with van der Waals surface area (Å²) in [7, 11) is 0. The van der Waals surface area contributed by atoms with Crippen LogP contribution in [0.1, 0.15) is 32.6 Å². The van der Waals surface area contributed by atoms with Crippen LogP contribution in [0.25, 0.3) is 0 Å². The van der Waals surface area contributed by atoms with Gasteiger partial charge in [0.05, 0.1) is 0 Å². The molecule has 1 aliphatic carbocycles. The molecule has 2 rings (SSSR count). The van der Waals surface area contributed by atoms with Crippen molar-refractivity contribution in [2.45, 2.75) is 44.7 Å². The van der Waals surface area contributed by atoms with Gasteiger partial charge in [-0.1, -0.05) is 11.6 Å². The van der Waals surface area contributed by atoms with Crippen LogP contribution in [0.4, 0.5) is 0 Å². The molecule has 1 saturated carbocycles. The minimum Gasteiger partial charge on any atom is -0.484 e. The molecule has 1 aromatic rings. The lowest BCUT2D eigenvalue weighted by Gasteiger charge is -2.35. The Morgan fingerprint density at radius 1 is 1.29 bits per heavy atom. The van der Waals surface area contributed by atoms with Crippen molar-refractivity contribution in [3.05, 3.63) is 29.3 Å². The highest BCUT2D eigenvalue weighted by molar-refractivity contribution is 6.30. The number of nitrogens with two attached hydrogens (primary N) is 1. The minimum atomic E-state index is 0.0351. The summed E-state index contributed by atoms with van der Waals surface area (Å²) in [4.78, 5) is 14.3. The summed E-state index contributed by atoms with van der Waals surface area (Å²) in [5.74, 6) is 0.697. The summed E-state index contributed by atoms with van der Waals surface area (Å²) < 4.78 is 5.54. The zero-order valence-corrected chi connectivity index (χ0v) is 13.2. The van der Waals surface area contributed by atoms with Crippen LogP contribution < -0.4 is 10.5 Å². The number of likely N-dealkylation sites (N-methyl/N-ethyl adjacent to an activating group) is 1. The van der Waals surface area contributed by atoms with Crippen LogP contribution in [0.3, 0.4) is 0 Å². The van der Waals surface area contributed by atoms with E-state index in [9.17, 15) is 4.79 Å². The molecule has 0 heterocycles. The Labute approximate surface area is 131 Å². The number of halogens is 1. The fourth-order valence-corrected chi connectivity index (χ4v) is 2.94. The van der Waals surface area contributed by atoms with Gasteiger partial charge in [0.1, 0.15) is 5.75 Å². The first kappa shape index (κ1) is 16.1. The van der Waals surface area contributed by atoms with E-state index in [4.69, 9.17) is 22.1 Å². The Bertz CT molecular complexity index is 456. The Balaban J connectivity index is 1.86. The van der Waals surface area contributed by atoms with Crippen LogP contribution >= 0.6 is 11.6 Å². The van der Waals surface area contributed by atoms with Gasteiger partial charge < -0.3 is 15.4 Å². The van der Waals surface area contributed by atoms with E-state index in [1.807, 2.05) is 11.8 Å². The van der Waals surface area contributed by atoms with Gasteiger partial charge in [0.25, 0.3) is 5.91 Å². The minimum absolute atomic E-state index is 0.0351. The highest BCUT2D eigenvalue weighted by Crippen LogP contribution is 2.22. The third-order valence-corrected chi connectivity index (χ3v) is 4.27. The second-order valence-corrected chi connectivity index (χ2v) is 5.93. The van der Waals surface area contributed by atoms with E-state index in [0.717, 1.165) is 25.7 Å². The first-order valence-electron chi connectivity index (χ1n) is 7.53. The molecule has 21 heavy (non-hydrogen) atoms. The van der Waals surface area contributed by atoms with Gasteiger partial charge in [0.2, 0.25) is 0 Å². The largest absolute Gasteiger partial charge is 0.484 e. The van der Waals surface area contributed by atoms with Gasteiger partial charge in [-0.15, -0.1) is 0 Å². The second-order valence-electron chi connectivity index (χ2n) is 5.49. The SMILES string of the molecule is CCN(C(=O)COc1ccc(Cl)cc1)C1CCC(N)CC1. The number of nitrogens with zero attached hydrogens (tertiary/aromatic N) is 1. The van der Waals surface area contributed by atoms with Crippen molar-refractivity contribution in [2.24, 2.45) is 5.73 Å². The number of carbonyl (C=O) groups excluding carboxylic acids is 1. The molecule has 5 heteroatoms. The van der Waals surface area contributed by atoms with Crippen LogP contribution in [-0.2, 0) is 4.79 Å². The average Bonchev–Trinajstić information content (AvgIpc) is 2.49. The zero-order chi connectivity index (χ0) is 15.2. The average molecular weight is 311 g/mol. The van der Waals surface area contributed by atoms with Gasteiger partial charge >= 0.3 is 0 Å². The molecular formula is C16H23ClN2O2. The van der Waals surface area contributed by atoms with Gasteiger partial charge in [-0.3, -0.25) is 4.79 Å². The van der Waals surface area contributed by atoms with E-state index in [0.29, 0.717) is 29.4 Å². The molecule has 116 valence electrons. The maximum Gasteiger partial charge on any atom is 0.260 e. The normalized spacial score (nSPS) is 21.9. The summed E-state index contributed by atoms with van der Waals surface area (Å²) in [6.07, 6.45) is 3.96. The highest BCUT2D eigenvalue weighted by atomic mass is 35.5. The first-order chi connectivity index (χ1) is 10.1. The lowest BCUT2D eigenvalue weighted by Crippen LogP contribution is -2.45. The molecule has 0 spiro atoms. The first-order valence-corrected chi connectivity index (χ1v) is 7.91. The van der Waals surface area contributed by atoms with Crippen LogP contribution in [0, 0.1) is 0 Å². The fourth-order valence-electron chi connectivity index (χ4n) is 2.81. The Hall–Kier alpha value is -1.26. The Kier molecular flexibility index (Phi) is 5.88. The number of benzene rings is 1. The van der Waals surface area contributed by atoms with Crippen LogP contribution in [0.5, 0.6) is 5.75 Å². The molecule has 1 fully saturated rings. The summed E-state index contributed by atoms with van der Waals surface area (Å²) in [5.41, 5.74) is 5.92. The van der Waals surface area contributed by atoms with E-state index in [1.54, 1.807) is 24.3 Å². The molecular weight excluding hydrogens is 288 g/mol.